The molecular weight excluding hydrogens is 370 g/mol. The minimum absolute atomic E-state index is 0.00781. The lowest BCUT2D eigenvalue weighted by Gasteiger charge is -2.34. The van der Waals surface area contributed by atoms with Crippen LogP contribution in [0.3, 0.4) is 0 Å². The number of rotatable bonds is 4. The minimum atomic E-state index is -0.271. The van der Waals surface area contributed by atoms with E-state index in [0.29, 0.717) is 31.9 Å². The van der Waals surface area contributed by atoms with Crippen LogP contribution in [0.25, 0.3) is 0 Å². The third-order valence-electron chi connectivity index (χ3n) is 4.41. The molecule has 1 unspecified atom stereocenters. The molecule has 7 heteroatoms. The summed E-state index contributed by atoms with van der Waals surface area (Å²) in [5.41, 5.74) is 1.41. The normalized spacial score (nSPS) is 17.4. The number of morpholine rings is 1. The second-order valence-electron chi connectivity index (χ2n) is 6.11. The summed E-state index contributed by atoms with van der Waals surface area (Å²) in [4.78, 5) is 15.9. The molecule has 3 heterocycles. The van der Waals surface area contributed by atoms with Crippen LogP contribution in [-0.2, 0) is 11.3 Å². The van der Waals surface area contributed by atoms with Gasteiger partial charge >= 0.3 is 0 Å². The van der Waals surface area contributed by atoms with Gasteiger partial charge in [0.05, 0.1) is 25.0 Å². The zero-order chi connectivity index (χ0) is 17.9. The van der Waals surface area contributed by atoms with Crippen molar-refractivity contribution in [2.45, 2.75) is 12.6 Å². The summed E-state index contributed by atoms with van der Waals surface area (Å²) < 4.78 is 7.27. The van der Waals surface area contributed by atoms with Crippen molar-refractivity contribution in [2.75, 3.05) is 24.6 Å². The first kappa shape index (κ1) is 17.3. The number of ether oxygens (including phenoxy) is 1. The van der Waals surface area contributed by atoms with E-state index in [-0.39, 0.29) is 16.7 Å². The van der Waals surface area contributed by atoms with Gasteiger partial charge in [-0.3, -0.25) is 4.79 Å². The van der Waals surface area contributed by atoms with Crippen molar-refractivity contribution in [3.05, 3.63) is 79.9 Å². The maximum atomic E-state index is 12.7. The van der Waals surface area contributed by atoms with Gasteiger partial charge in [0.25, 0.3) is 5.56 Å². The van der Waals surface area contributed by atoms with E-state index in [4.69, 9.17) is 16.3 Å². The summed E-state index contributed by atoms with van der Waals surface area (Å²) in [5, 5.41) is 6.59. The highest BCUT2D eigenvalue weighted by atomic mass is 35.5. The van der Waals surface area contributed by atoms with E-state index in [1.54, 1.807) is 17.5 Å². The molecule has 0 N–H and O–H groups in total. The van der Waals surface area contributed by atoms with Crippen molar-refractivity contribution < 1.29 is 4.74 Å². The van der Waals surface area contributed by atoms with Crippen molar-refractivity contribution in [3.63, 3.8) is 0 Å². The predicted molar refractivity (Wildman–Crippen MR) is 104 cm³/mol. The Morgan fingerprint density at radius 1 is 1.23 bits per heavy atom. The average molecular weight is 388 g/mol. The lowest BCUT2D eigenvalue weighted by molar-refractivity contribution is 0.0421. The van der Waals surface area contributed by atoms with E-state index < -0.39 is 0 Å². The molecule has 1 aliphatic rings. The summed E-state index contributed by atoms with van der Waals surface area (Å²) in [6, 6.07) is 13.8. The Morgan fingerprint density at radius 2 is 2.08 bits per heavy atom. The van der Waals surface area contributed by atoms with Gasteiger partial charge in [-0.15, -0.1) is 11.3 Å². The van der Waals surface area contributed by atoms with Crippen molar-refractivity contribution in [2.24, 2.45) is 0 Å². The van der Waals surface area contributed by atoms with Crippen molar-refractivity contribution in [1.82, 2.24) is 9.78 Å². The molecule has 2 aromatic heterocycles. The van der Waals surface area contributed by atoms with Crippen LogP contribution in [0.5, 0.6) is 0 Å². The number of halogens is 1. The molecule has 1 atom stereocenters. The molecule has 0 bridgehead atoms. The highest BCUT2D eigenvalue weighted by molar-refractivity contribution is 7.10. The quantitative estimate of drug-likeness (QED) is 0.686. The second-order valence-corrected chi connectivity index (χ2v) is 7.47. The molecule has 26 heavy (non-hydrogen) atoms. The van der Waals surface area contributed by atoms with Gasteiger partial charge in [0.15, 0.2) is 0 Å². The first-order chi connectivity index (χ1) is 12.7. The molecule has 134 valence electrons. The third kappa shape index (κ3) is 3.53. The molecule has 0 spiro atoms. The minimum Gasteiger partial charge on any atom is -0.369 e. The lowest BCUT2D eigenvalue weighted by Crippen LogP contribution is -2.39. The van der Waals surface area contributed by atoms with Gasteiger partial charge in [-0.1, -0.05) is 48.0 Å². The second kappa shape index (κ2) is 7.61. The summed E-state index contributed by atoms with van der Waals surface area (Å²) >= 11 is 8.09. The van der Waals surface area contributed by atoms with E-state index in [1.807, 2.05) is 41.8 Å². The average Bonchev–Trinajstić information content (AvgIpc) is 3.21. The van der Waals surface area contributed by atoms with Crippen LogP contribution < -0.4 is 10.5 Å². The lowest BCUT2D eigenvalue weighted by atomic mass is 10.2. The fourth-order valence-corrected chi connectivity index (χ4v) is 4.09. The molecule has 5 nitrogen and oxygen atoms in total. The molecule has 1 fully saturated rings. The van der Waals surface area contributed by atoms with Gasteiger partial charge in [-0.25, -0.2) is 4.68 Å². The predicted octanol–water partition coefficient (Wildman–Crippen LogP) is 3.58. The Bertz CT molecular complexity index is 928. The van der Waals surface area contributed by atoms with E-state index in [9.17, 15) is 4.79 Å². The molecule has 0 aliphatic carbocycles. The van der Waals surface area contributed by atoms with Gasteiger partial charge in [-0.05, 0) is 17.0 Å². The van der Waals surface area contributed by atoms with Crippen LogP contribution in [0.2, 0.25) is 5.02 Å². The molecule has 1 aromatic carbocycles. The highest BCUT2D eigenvalue weighted by Crippen LogP contribution is 2.30. The number of hydrogen-bond donors (Lipinski definition) is 0. The molecule has 1 saturated heterocycles. The van der Waals surface area contributed by atoms with Crippen molar-refractivity contribution in [1.29, 1.82) is 0 Å². The molecule has 1 aliphatic heterocycles. The highest BCUT2D eigenvalue weighted by Gasteiger charge is 2.25. The first-order valence-electron chi connectivity index (χ1n) is 8.42. The van der Waals surface area contributed by atoms with Crippen LogP contribution in [0, 0.1) is 0 Å². The summed E-state index contributed by atoms with van der Waals surface area (Å²) in [5.74, 6) is 0. The maximum Gasteiger partial charge on any atom is 0.287 e. The number of anilines is 1. The standard InChI is InChI=1S/C19H18ClN3O2S/c20-18-15(22-8-9-25-16(13-22)17-7-4-10-26-17)11-21-23(19(18)24)12-14-5-2-1-3-6-14/h1-7,10-11,16H,8-9,12-13H2. The number of benzene rings is 1. The Morgan fingerprint density at radius 3 is 2.85 bits per heavy atom. The monoisotopic (exact) mass is 387 g/mol. The van der Waals surface area contributed by atoms with Crippen LogP contribution in [-0.4, -0.2) is 29.5 Å². The largest absolute Gasteiger partial charge is 0.369 e. The molecule has 0 radical (unpaired) electrons. The first-order valence-corrected chi connectivity index (χ1v) is 9.67. The topological polar surface area (TPSA) is 47.4 Å². The molecule has 0 saturated carbocycles. The van der Waals surface area contributed by atoms with Gasteiger partial charge < -0.3 is 9.64 Å². The van der Waals surface area contributed by atoms with Crippen LogP contribution in [0.4, 0.5) is 5.69 Å². The van der Waals surface area contributed by atoms with Crippen LogP contribution >= 0.6 is 22.9 Å². The molecule has 4 rings (SSSR count). The van der Waals surface area contributed by atoms with Gasteiger partial charge in [0, 0.05) is 18.0 Å². The van der Waals surface area contributed by atoms with E-state index in [1.165, 1.54) is 9.56 Å². The molecule has 3 aromatic rings. The van der Waals surface area contributed by atoms with E-state index >= 15 is 0 Å². The smallest absolute Gasteiger partial charge is 0.287 e. The maximum absolute atomic E-state index is 12.7. The SMILES string of the molecule is O=c1c(Cl)c(N2CCOC(c3cccs3)C2)cnn1Cc1ccccc1. The third-order valence-corrected chi connectivity index (χ3v) is 5.73. The zero-order valence-corrected chi connectivity index (χ0v) is 15.6. The number of nitrogens with zero attached hydrogens (tertiary/aromatic N) is 3. The fourth-order valence-electron chi connectivity index (χ4n) is 3.06. The van der Waals surface area contributed by atoms with Crippen molar-refractivity contribution >= 4 is 28.6 Å². The summed E-state index contributed by atoms with van der Waals surface area (Å²) in [6.45, 7) is 2.34. The van der Waals surface area contributed by atoms with Gasteiger partial charge in [0.2, 0.25) is 0 Å². The number of thiophene rings is 1. The van der Waals surface area contributed by atoms with Crippen LogP contribution in [0.1, 0.15) is 16.5 Å². The van der Waals surface area contributed by atoms with E-state index in [0.717, 1.165) is 5.56 Å². The Kier molecular flexibility index (Phi) is 5.06. The Labute approximate surface area is 160 Å². The molecule has 0 amide bonds. The fraction of sp³-hybridized carbons (Fsp3) is 0.263. The van der Waals surface area contributed by atoms with Crippen molar-refractivity contribution in [3.8, 4) is 0 Å². The number of aromatic nitrogens is 2. The van der Waals surface area contributed by atoms with E-state index in [2.05, 4.69) is 16.1 Å². The zero-order valence-electron chi connectivity index (χ0n) is 14.0. The summed E-state index contributed by atoms with van der Waals surface area (Å²) in [7, 11) is 0. The van der Waals surface area contributed by atoms with Crippen LogP contribution in [0.15, 0.2) is 58.8 Å². The molecular formula is C19H18ClN3O2S. The van der Waals surface area contributed by atoms with Gasteiger partial charge in [0.1, 0.15) is 11.1 Å². The van der Waals surface area contributed by atoms with Gasteiger partial charge in [-0.2, -0.15) is 5.10 Å². The summed E-state index contributed by atoms with van der Waals surface area (Å²) in [6.07, 6.45) is 1.68. The Balaban J connectivity index is 1.57. The Hall–Kier alpha value is -2.15. The number of hydrogen-bond acceptors (Lipinski definition) is 5.